The number of fused-ring (bicyclic) bond motifs is 2. The summed E-state index contributed by atoms with van der Waals surface area (Å²) in [5, 5.41) is 2.08. The zero-order valence-electron chi connectivity index (χ0n) is 26.0. The number of rotatable bonds is 7. The van der Waals surface area contributed by atoms with Crippen molar-refractivity contribution in [2.75, 3.05) is 11.4 Å². The van der Waals surface area contributed by atoms with Gasteiger partial charge in [0.15, 0.2) is 0 Å². The van der Waals surface area contributed by atoms with Gasteiger partial charge in [0.1, 0.15) is 11.9 Å². The Kier molecular flexibility index (Phi) is 7.66. The van der Waals surface area contributed by atoms with E-state index in [9.17, 15) is 22.8 Å². The fourth-order valence-corrected chi connectivity index (χ4v) is 6.76. The first kappa shape index (κ1) is 30.7. The van der Waals surface area contributed by atoms with Crippen molar-refractivity contribution >= 4 is 28.3 Å². The lowest BCUT2D eigenvalue weighted by Gasteiger charge is -2.39. The molecule has 1 heterocycles. The zero-order chi connectivity index (χ0) is 32.3. The highest BCUT2D eigenvalue weighted by atomic mass is 19.4. The van der Waals surface area contributed by atoms with Crippen LogP contribution in [0.4, 0.5) is 18.9 Å². The van der Waals surface area contributed by atoms with Crippen molar-refractivity contribution in [3.63, 3.8) is 0 Å². The molecule has 1 saturated carbocycles. The second kappa shape index (κ2) is 11.2. The first-order valence-electron chi connectivity index (χ1n) is 15.3. The number of aryl methyl sites for hydroxylation is 1. The summed E-state index contributed by atoms with van der Waals surface area (Å²) >= 11 is 0. The number of ether oxygens (including phenoxy) is 2. The van der Waals surface area contributed by atoms with E-state index in [1.165, 1.54) is 6.07 Å². The summed E-state index contributed by atoms with van der Waals surface area (Å²) in [6.45, 7) is 10.0. The van der Waals surface area contributed by atoms with E-state index in [-0.39, 0.29) is 29.1 Å². The maximum absolute atomic E-state index is 13.5. The zero-order valence-corrected chi connectivity index (χ0v) is 26.0. The maximum atomic E-state index is 13.5. The second-order valence-electron chi connectivity index (χ2n) is 12.8. The number of amides is 1. The van der Waals surface area contributed by atoms with E-state index < -0.39 is 23.8 Å². The molecular formula is C37H36F3NO4. The highest BCUT2D eigenvalue weighted by molar-refractivity contribution is 5.99. The van der Waals surface area contributed by atoms with Gasteiger partial charge >= 0.3 is 12.3 Å². The van der Waals surface area contributed by atoms with Crippen LogP contribution in [-0.4, -0.2) is 24.8 Å². The van der Waals surface area contributed by atoms with Crippen LogP contribution in [0, 0.1) is 12.8 Å². The Morgan fingerprint density at radius 2 is 1.76 bits per heavy atom. The molecule has 1 unspecified atom stereocenters. The Hall–Kier alpha value is -4.33. The predicted octanol–water partition coefficient (Wildman–Crippen LogP) is 9.16. The molecule has 0 saturated heterocycles. The second-order valence-corrected chi connectivity index (χ2v) is 12.8. The molecule has 45 heavy (non-hydrogen) atoms. The van der Waals surface area contributed by atoms with Crippen LogP contribution >= 0.6 is 0 Å². The standard InChI is InChI=1S/C37H36F3NO4/c1-6-41-32-19-27(21(2)16-31(32)36(4,5)20-34(41)42)29-17-24(14-15-33(29)45-37(38,39)40)28-18-30(28)35(43)44-22(3)25-13-9-11-23-10-7-8-12-26(23)25/h7-17,19,22,28,30H,6,18,20H2,1-5H3/t22-,28?,30+/m1/s1. The van der Waals surface area contributed by atoms with Gasteiger partial charge in [0, 0.05) is 29.6 Å². The van der Waals surface area contributed by atoms with Crippen molar-refractivity contribution in [1.29, 1.82) is 0 Å². The predicted molar refractivity (Wildman–Crippen MR) is 168 cm³/mol. The van der Waals surface area contributed by atoms with Crippen molar-refractivity contribution < 1.29 is 32.2 Å². The van der Waals surface area contributed by atoms with Crippen LogP contribution in [0.2, 0.25) is 0 Å². The van der Waals surface area contributed by atoms with Gasteiger partial charge in [-0.05, 0) is 89.9 Å². The first-order valence-corrected chi connectivity index (χ1v) is 15.3. The molecule has 0 N–H and O–H groups in total. The third-order valence-corrected chi connectivity index (χ3v) is 9.17. The molecule has 234 valence electrons. The summed E-state index contributed by atoms with van der Waals surface area (Å²) in [5.74, 6) is -1.28. The molecule has 8 heteroatoms. The molecular weight excluding hydrogens is 579 g/mol. The van der Waals surface area contributed by atoms with Crippen molar-refractivity contribution in [3.8, 4) is 16.9 Å². The Balaban J connectivity index is 1.32. The maximum Gasteiger partial charge on any atom is 0.573 e. The molecule has 1 aliphatic heterocycles. The van der Waals surface area contributed by atoms with Crippen molar-refractivity contribution in [3.05, 3.63) is 95.1 Å². The number of esters is 1. The number of halogens is 3. The fourth-order valence-electron chi connectivity index (χ4n) is 6.76. The third kappa shape index (κ3) is 5.90. The van der Waals surface area contributed by atoms with Crippen LogP contribution in [0.25, 0.3) is 21.9 Å². The average molecular weight is 616 g/mol. The highest BCUT2D eigenvalue weighted by Gasteiger charge is 2.46. The van der Waals surface area contributed by atoms with Gasteiger partial charge < -0.3 is 14.4 Å². The number of carbonyl (C=O) groups excluding carboxylic acids is 2. The number of nitrogens with zero attached hydrogens (tertiary/aromatic N) is 1. The summed E-state index contributed by atoms with van der Waals surface area (Å²) in [4.78, 5) is 27.9. The molecule has 0 aromatic heterocycles. The van der Waals surface area contributed by atoms with E-state index in [0.29, 0.717) is 30.6 Å². The topological polar surface area (TPSA) is 55.8 Å². The summed E-state index contributed by atoms with van der Waals surface area (Å²) in [6, 6.07) is 22.2. The SMILES string of the molecule is CCN1C(=O)CC(C)(C)c2cc(C)c(-c3cc(C4C[C@@H]4C(=O)O[C@H](C)c4cccc5ccccc45)ccc3OC(F)(F)F)cc21. The van der Waals surface area contributed by atoms with E-state index in [1.807, 2.05) is 83.1 Å². The summed E-state index contributed by atoms with van der Waals surface area (Å²) < 4.78 is 51.0. The molecule has 4 aromatic carbocycles. The minimum absolute atomic E-state index is 0.0256. The lowest BCUT2D eigenvalue weighted by atomic mass is 9.75. The van der Waals surface area contributed by atoms with Gasteiger partial charge in [-0.25, -0.2) is 0 Å². The molecule has 0 radical (unpaired) electrons. The molecule has 6 rings (SSSR count). The number of benzene rings is 4. The molecule has 0 bridgehead atoms. The summed E-state index contributed by atoms with van der Waals surface area (Å²) in [5.41, 5.74) is 4.48. The van der Waals surface area contributed by atoms with Crippen LogP contribution in [-0.2, 0) is 19.7 Å². The van der Waals surface area contributed by atoms with Gasteiger partial charge in [-0.1, -0.05) is 68.4 Å². The normalized spacial score (nSPS) is 19.6. The molecule has 5 nitrogen and oxygen atoms in total. The van der Waals surface area contributed by atoms with Crippen LogP contribution in [0.1, 0.15) is 74.8 Å². The first-order chi connectivity index (χ1) is 21.3. The lowest BCUT2D eigenvalue weighted by Crippen LogP contribution is -2.41. The smallest absolute Gasteiger partial charge is 0.458 e. The minimum atomic E-state index is -4.89. The quantitative estimate of drug-likeness (QED) is 0.195. The molecule has 1 aliphatic carbocycles. The summed E-state index contributed by atoms with van der Waals surface area (Å²) in [6.07, 6.45) is -4.47. The van der Waals surface area contributed by atoms with Crippen LogP contribution < -0.4 is 9.64 Å². The molecule has 1 amide bonds. The van der Waals surface area contributed by atoms with Gasteiger partial charge in [-0.3, -0.25) is 9.59 Å². The van der Waals surface area contributed by atoms with Crippen molar-refractivity contribution in [2.45, 2.75) is 71.3 Å². The number of anilines is 1. The Labute approximate surface area is 260 Å². The van der Waals surface area contributed by atoms with E-state index in [1.54, 1.807) is 23.1 Å². The molecule has 0 spiro atoms. The van der Waals surface area contributed by atoms with Gasteiger partial charge in [0.05, 0.1) is 5.92 Å². The fraction of sp³-hybridized carbons (Fsp3) is 0.351. The summed E-state index contributed by atoms with van der Waals surface area (Å²) in [7, 11) is 0. The van der Waals surface area contributed by atoms with Crippen molar-refractivity contribution in [1.82, 2.24) is 0 Å². The Morgan fingerprint density at radius 1 is 1.02 bits per heavy atom. The monoisotopic (exact) mass is 615 g/mol. The Bertz CT molecular complexity index is 1810. The van der Waals surface area contributed by atoms with Gasteiger partial charge in [-0.2, -0.15) is 0 Å². The van der Waals surface area contributed by atoms with E-state index in [0.717, 1.165) is 33.0 Å². The lowest BCUT2D eigenvalue weighted by molar-refractivity contribution is -0.274. The van der Waals surface area contributed by atoms with E-state index in [2.05, 4.69) is 4.74 Å². The van der Waals surface area contributed by atoms with Crippen LogP contribution in [0.3, 0.4) is 0 Å². The number of hydrogen-bond acceptors (Lipinski definition) is 4. The number of carbonyl (C=O) groups is 2. The van der Waals surface area contributed by atoms with Crippen LogP contribution in [0.5, 0.6) is 5.75 Å². The van der Waals surface area contributed by atoms with E-state index >= 15 is 0 Å². The van der Waals surface area contributed by atoms with E-state index in [4.69, 9.17) is 4.74 Å². The minimum Gasteiger partial charge on any atom is -0.458 e. The number of hydrogen-bond donors (Lipinski definition) is 0. The molecule has 1 fully saturated rings. The van der Waals surface area contributed by atoms with Gasteiger partial charge in [-0.15, -0.1) is 13.2 Å². The molecule has 4 aromatic rings. The molecule has 2 aliphatic rings. The largest absolute Gasteiger partial charge is 0.573 e. The average Bonchev–Trinajstić information content (AvgIpc) is 3.78. The van der Waals surface area contributed by atoms with Gasteiger partial charge in [0.25, 0.3) is 0 Å². The van der Waals surface area contributed by atoms with Gasteiger partial charge in [0.2, 0.25) is 5.91 Å². The highest BCUT2D eigenvalue weighted by Crippen LogP contribution is 2.52. The Morgan fingerprint density at radius 3 is 2.49 bits per heavy atom. The van der Waals surface area contributed by atoms with Crippen molar-refractivity contribution in [2.24, 2.45) is 5.92 Å². The van der Waals surface area contributed by atoms with Crippen LogP contribution in [0.15, 0.2) is 72.8 Å². The number of alkyl halides is 3. The molecule has 3 atom stereocenters. The third-order valence-electron chi connectivity index (χ3n) is 9.17.